The number of methoxy groups -OCH3 is 1. The van der Waals surface area contributed by atoms with E-state index in [2.05, 4.69) is 13.0 Å². The number of fused-ring (bicyclic) bond motifs is 1. The molecule has 0 radical (unpaired) electrons. The molecule has 82 valence electrons. The van der Waals surface area contributed by atoms with Gasteiger partial charge >= 0.3 is 0 Å². The van der Waals surface area contributed by atoms with Crippen LogP contribution in [0.4, 0.5) is 0 Å². The minimum atomic E-state index is 0.265. The van der Waals surface area contributed by atoms with Crippen LogP contribution in [0.3, 0.4) is 0 Å². The lowest BCUT2D eigenvalue weighted by molar-refractivity contribution is 0.215. The maximum Gasteiger partial charge on any atom is 0.122 e. The van der Waals surface area contributed by atoms with Gasteiger partial charge in [-0.1, -0.05) is 19.1 Å². The quantitative estimate of drug-likeness (QED) is 0.822. The van der Waals surface area contributed by atoms with Gasteiger partial charge < -0.3 is 9.84 Å². The average molecular weight is 206 g/mol. The van der Waals surface area contributed by atoms with Crippen molar-refractivity contribution in [2.75, 3.05) is 13.7 Å². The van der Waals surface area contributed by atoms with Gasteiger partial charge in [0.1, 0.15) is 5.75 Å². The maximum absolute atomic E-state index is 9.22. The Balaban J connectivity index is 2.35. The molecule has 0 saturated carbocycles. The standard InChI is InChI=1S/C13H18O2/c1-9(8-14)10-6-7-12-11(10)4-3-5-13(12)15-2/h3-5,9-10,14H,6-8H2,1-2H3. The van der Waals surface area contributed by atoms with Crippen molar-refractivity contribution in [1.29, 1.82) is 0 Å². The fourth-order valence-corrected chi connectivity index (χ4v) is 2.56. The van der Waals surface area contributed by atoms with E-state index < -0.39 is 0 Å². The van der Waals surface area contributed by atoms with E-state index in [1.54, 1.807) is 7.11 Å². The summed E-state index contributed by atoms with van der Waals surface area (Å²) in [5.41, 5.74) is 2.71. The lowest BCUT2D eigenvalue weighted by Gasteiger charge is -2.18. The van der Waals surface area contributed by atoms with Crippen molar-refractivity contribution < 1.29 is 9.84 Å². The van der Waals surface area contributed by atoms with Crippen molar-refractivity contribution in [2.45, 2.75) is 25.7 Å². The SMILES string of the molecule is COc1cccc2c1CCC2C(C)CO. The van der Waals surface area contributed by atoms with Crippen LogP contribution in [0, 0.1) is 5.92 Å². The minimum absolute atomic E-state index is 0.265. The third-order valence-corrected chi connectivity index (χ3v) is 3.47. The molecule has 0 spiro atoms. The van der Waals surface area contributed by atoms with Crippen molar-refractivity contribution in [1.82, 2.24) is 0 Å². The molecule has 0 amide bonds. The zero-order valence-electron chi connectivity index (χ0n) is 9.36. The van der Waals surface area contributed by atoms with Crippen LogP contribution in [0.2, 0.25) is 0 Å². The van der Waals surface area contributed by atoms with Crippen LogP contribution in [0.1, 0.15) is 30.4 Å². The molecule has 1 aliphatic rings. The van der Waals surface area contributed by atoms with Gasteiger partial charge in [0.15, 0.2) is 0 Å². The normalized spacial score (nSPS) is 21.1. The lowest BCUT2D eigenvalue weighted by Crippen LogP contribution is -2.10. The summed E-state index contributed by atoms with van der Waals surface area (Å²) in [5.74, 6) is 1.85. The molecule has 2 nitrogen and oxygen atoms in total. The molecule has 0 bridgehead atoms. The second kappa shape index (κ2) is 4.23. The Morgan fingerprint density at radius 1 is 1.53 bits per heavy atom. The first-order valence-electron chi connectivity index (χ1n) is 5.54. The Kier molecular flexibility index (Phi) is 2.96. The molecular formula is C13H18O2. The highest BCUT2D eigenvalue weighted by molar-refractivity contribution is 5.45. The van der Waals surface area contributed by atoms with Gasteiger partial charge in [0.25, 0.3) is 0 Å². The second-order valence-corrected chi connectivity index (χ2v) is 4.33. The van der Waals surface area contributed by atoms with E-state index in [4.69, 9.17) is 4.74 Å². The number of hydrogen-bond acceptors (Lipinski definition) is 2. The minimum Gasteiger partial charge on any atom is -0.496 e. The van der Waals surface area contributed by atoms with Gasteiger partial charge in [-0.05, 0) is 41.9 Å². The molecule has 0 fully saturated rings. The molecule has 2 heteroatoms. The van der Waals surface area contributed by atoms with Gasteiger partial charge in [0, 0.05) is 6.61 Å². The highest BCUT2D eigenvalue weighted by Gasteiger charge is 2.28. The summed E-state index contributed by atoms with van der Waals surface area (Å²) < 4.78 is 5.36. The topological polar surface area (TPSA) is 29.5 Å². The second-order valence-electron chi connectivity index (χ2n) is 4.33. The fourth-order valence-electron chi connectivity index (χ4n) is 2.56. The number of benzene rings is 1. The third-order valence-electron chi connectivity index (χ3n) is 3.47. The summed E-state index contributed by atoms with van der Waals surface area (Å²) in [6.07, 6.45) is 2.21. The molecule has 2 unspecified atom stereocenters. The van der Waals surface area contributed by atoms with Gasteiger partial charge in [-0.15, -0.1) is 0 Å². The largest absolute Gasteiger partial charge is 0.496 e. The number of ether oxygens (including phenoxy) is 1. The van der Waals surface area contributed by atoms with Crippen molar-refractivity contribution >= 4 is 0 Å². The first kappa shape index (κ1) is 10.5. The third kappa shape index (κ3) is 1.74. The molecule has 0 heterocycles. The molecule has 1 aromatic carbocycles. The van der Waals surface area contributed by atoms with E-state index in [1.807, 2.05) is 12.1 Å². The van der Waals surface area contributed by atoms with Gasteiger partial charge in [0.05, 0.1) is 7.11 Å². The van der Waals surface area contributed by atoms with E-state index in [-0.39, 0.29) is 6.61 Å². The Bertz CT molecular complexity index is 346. The van der Waals surface area contributed by atoms with Gasteiger partial charge in [-0.25, -0.2) is 0 Å². The van der Waals surface area contributed by atoms with Crippen LogP contribution in [0.25, 0.3) is 0 Å². The smallest absolute Gasteiger partial charge is 0.122 e. The molecular weight excluding hydrogens is 188 g/mol. The Morgan fingerprint density at radius 3 is 3.00 bits per heavy atom. The van der Waals surface area contributed by atoms with Crippen LogP contribution in [0.5, 0.6) is 5.75 Å². The monoisotopic (exact) mass is 206 g/mol. The van der Waals surface area contributed by atoms with Crippen LogP contribution in [-0.2, 0) is 6.42 Å². The molecule has 0 aliphatic heterocycles. The van der Waals surface area contributed by atoms with Crippen molar-refractivity contribution in [3.05, 3.63) is 29.3 Å². The predicted molar refractivity (Wildman–Crippen MR) is 60.3 cm³/mol. The molecule has 2 atom stereocenters. The van der Waals surface area contributed by atoms with Gasteiger partial charge in [0.2, 0.25) is 0 Å². The fraction of sp³-hybridized carbons (Fsp3) is 0.538. The van der Waals surface area contributed by atoms with Crippen LogP contribution >= 0.6 is 0 Å². The molecule has 0 aromatic heterocycles. The van der Waals surface area contributed by atoms with Crippen LogP contribution in [0.15, 0.2) is 18.2 Å². The molecule has 1 N–H and O–H groups in total. The van der Waals surface area contributed by atoms with Crippen LogP contribution in [-0.4, -0.2) is 18.8 Å². The maximum atomic E-state index is 9.22. The van der Waals surface area contributed by atoms with Crippen LogP contribution < -0.4 is 4.74 Å². The number of rotatable bonds is 3. The Labute approximate surface area is 90.9 Å². The van der Waals surface area contributed by atoms with Gasteiger partial charge in [-0.2, -0.15) is 0 Å². The predicted octanol–water partition coefficient (Wildman–Crippen LogP) is 2.35. The van der Waals surface area contributed by atoms with E-state index in [9.17, 15) is 5.11 Å². The number of hydrogen-bond donors (Lipinski definition) is 1. The summed E-state index contributed by atoms with van der Waals surface area (Å²) in [7, 11) is 1.72. The first-order chi connectivity index (χ1) is 7.27. The molecule has 1 aliphatic carbocycles. The zero-order chi connectivity index (χ0) is 10.8. The molecule has 0 saturated heterocycles. The molecule has 2 rings (SSSR count). The summed E-state index contributed by atoms with van der Waals surface area (Å²) >= 11 is 0. The molecule has 1 aromatic rings. The zero-order valence-corrected chi connectivity index (χ0v) is 9.36. The summed E-state index contributed by atoms with van der Waals surface area (Å²) in [4.78, 5) is 0. The van der Waals surface area contributed by atoms with Crippen molar-refractivity contribution in [3.8, 4) is 5.75 Å². The Hall–Kier alpha value is -1.02. The van der Waals surface area contributed by atoms with Gasteiger partial charge in [-0.3, -0.25) is 0 Å². The molecule has 15 heavy (non-hydrogen) atoms. The summed E-state index contributed by atoms with van der Waals surface area (Å²) in [5, 5.41) is 9.22. The van der Waals surface area contributed by atoms with E-state index in [0.717, 1.165) is 18.6 Å². The first-order valence-corrected chi connectivity index (χ1v) is 5.54. The van der Waals surface area contributed by atoms with E-state index >= 15 is 0 Å². The summed E-state index contributed by atoms with van der Waals surface area (Å²) in [6, 6.07) is 6.23. The number of aliphatic hydroxyl groups excluding tert-OH is 1. The number of aliphatic hydroxyl groups is 1. The van der Waals surface area contributed by atoms with E-state index in [1.165, 1.54) is 11.1 Å². The lowest BCUT2D eigenvalue weighted by atomic mass is 9.89. The van der Waals surface area contributed by atoms with Crippen molar-refractivity contribution in [3.63, 3.8) is 0 Å². The van der Waals surface area contributed by atoms with Crippen molar-refractivity contribution in [2.24, 2.45) is 5.92 Å². The van der Waals surface area contributed by atoms with E-state index in [0.29, 0.717) is 11.8 Å². The highest BCUT2D eigenvalue weighted by atomic mass is 16.5. The summed E-state index contributed by atoms with van der Waals surface area (Å²) in [6.45, 7) is 2.38. The Morgan fingerprint density at radius 2 is 2.33 bits per heavy atom. The highest BCUT2D eigenvalue weighted by Crippen LogP contribution is 2.41. The average Bonchev–Trinajstić information content (AvgIpc) is 2.71.